The Hall–Kier alpha value is -2.59. The summed E-state index contributed by atoms with van der Waals surface area (Å²) in [6.07, 6.45) is 1.14. The van der Waals surface area contributed by atoms with Crippen molar-refractivity contribution in [3.8, 4) is 5.75 Å². The third-order valence-electron chi connectivity index (χ3n) is 3.78. The molecule has 0 bridgehead atoms. The number of aliphatic hydroxyl groups is 1. The Bertz CT molecular complexity index is 865. The highest BCUT2D eigenvalue weighted by Crippen LogP contribution is 2.25. The first-order valence-corrected chi connectivity index (χ1v) is 7.64. The van der Waals surface area contributed by atoms with Gasteiger partial charge in [0.15, 0.2) is 0 Å². The molecule has 1 atom stereocenters. The van der Waals surface area contributed by atoms with Gasteiger partial charge >= 0.3 is 0 Å². The number of fused-ring (bicyclic) bond motifs is 1. The van der Waals surface area contributed by atoms with E-state index in [1.165, 1.54) is 0 Å². The number of hydrogen-bond donors (Lipinski definition) is 2. The molecule has 0 spiro atoms. The van der Waals surface area contributed by atoms with Crippen LogP contribution in [0, 0.1) is 12.3 Å². The molecule has 0 saturated heterocycles. The zero-order chi connectivity index (χ0) is 16.2. The molecule has 1 heterocycles. The predicted molar refractivity (Wildman–Crippen MR) is 90.5 cm³/mol. The first-order valence-electron chi connectivity index (χ1n) is 7.64. The molecule has 1 aromatic heterocycles. The molecular weight excluding hydrogens is 288 g/mol. The number of rotatable bonds is 5. The first kappa shape index (κ1) is 15.3. The topological polar surface area (TPSA) is 58.2 Å². The van der Waals surface area contributed by atoms with E-state index in [-0.39, 0.29) is 6.61 Å². The summed E-state index contributed by atoms with van der Waals surface area (Å²) in [4.78, 5) is 0. The molecule has 118 valence electrons. The number of aliphatic hydroxyl groups excluding tert-OH is 1. The maximum atomic E-state index is 10.2. The molecule has 23 heavy (non-hydrogen) atoms. The summed E-state index contributed by atoms with van der Waals surface area (Å²) in [6, 6.07) is 17.6. The van der Waals surface area contributed by atoms with E-state index in [1.807, 2.05) is 61.7 Å². The van der Waals surface area contributed by atoms with Crippen LogP contribution in [0.4, 0.5) is 0 Å². The van der Waals surface area contributed by atoms with Gasteiger partial charge in [-0.3, -0.25) is 5.41 Å². The summed E-state index contributed by atoms with van der Waals surface area (Å²) in [6.45, 7) is 2.47. The van der Waals surface area contributed by atoms with Crippen LogP contribution >= 0.6 is 0 Å². The Morgan fingerprint density at radius 3 is 2.74 bits per heavy atom. The van der Waals surface area contributed by atoms with Crippen LogP contribution in [0.15, 0.2) is 60.8 Å². The van der Waals surface area contributed by atoms with Crippen LogP contribution in [0.3, 0.4) is 0 Å². The number of ether oxygens (including phenoxy) is 1. The molecule has 0 radical (unpaired) electrons. The van der Waals surface area contributed by atoms with E-state index in [9.17, 15) is 5.11 Å². The van der Waals surface area contributed by atoms with Gasteiger partial charge in [0.05, 0.1) is 6.54 Å². The third kappa shape index (κ3) is 3.60. The van der Waals surface area contributed by atoms with Gasteiger partial charge in [0, 0.05) is 11.6 Å². The molecule has 3 rings (SSSR count). The Morgan fingerprint density at radius 1 is 1.13 bits per heavy atom. The fraction of sp³-hybridized carbons (Fsp3) is 0.211. The second-order valence-corrected chi connectivity index (χ2v) is 5.68. The monoisotopic (exact) mass is 308 g/mol. The van der Waals surface area contributed by atoms with Crippen LogP contribution in [-0.2, 0) is 6.54 Å². The number of hydrogen-bond acceptors (Lipinski definition) is 3. The van der Waals surface area contributed by atoms with Crippen molar-refractivity contribution >= 4 is 10.8 Å². The van der Waals surface area contributed by atoms with Gasteiger partial charge < -0.3 is 14.4 Å². The molecule has 1 unspecified atom stereocenters. The summed E-state index contributed by atoms with van der Waals surface area (Å²) in [7, 11) is 0. The van der Waals surface area contributed by atoms with Gasteiger partial charge in [0.1, 0.15) is 23.9 Å². The minimum atomic E-state index is -0.675. The predicted octanol–water partition coefficient (Wildman–Crippen LogP) is 2.87. The first-order chi connectivity index (χ1) is 11.1. The van der Waals surface area contributed by atoms with Gasteiger partial charge in [-0.15, -0.1) is 0 Å². The minimum Gasteiger partial charge on any atom is -0.490 e. The molecular formula is C19H20N2O2. The van der Waals surface area contributed by atoms with E-state index in [0.717, 1.165) is 22.1 Å². The van der Waals surface area contributed by atoms with Crippen molar-refractivity contribution in [1.29, 1.82) is 5.41 Å². The van der Waals surface area contributed by atoms with Gasteiger partial charge in [-0.2, -0.15) is 0 Å². The molecule has 4 heteroatoms. The largest absolute Gasteiger partial charge is 0.490 e. The van der Waals surface area contributed by atoms with E-state index in [0.29, 0.717) is 12.0 Å². The quantitative estimate of drug-likeness (QED) is 0.761. The van der Waals surface area contributed by atoms with Gasteiger partial charge in [-0.25, -0.2) is 0 Å². The fourth-order valence-corrected chi connectivity index (χ4v) is 2.58. The number of nitrogens with one attached hydrogen (secondary N) is 1. The summed E-state index contributed by atoms with van der Waals surface area (Å²) in [5, 5.41) is 20.3. The van der Waals surface area contributed by atoms with Crippen molar-refractivity contribution in [2.24, 2.45) is 0 Å². The van der Waals surface area contributed by atoms with Crippen molar-refractivity contribution in [3.05, 3.63) is 71.8 Å². The fourth-order valence-electron chi connectivity index (χ4n) is 2.58. The van der Waals surface area contributed by atoms with Crippen LogP contribution < -0.4 is 10.2 Å². The van der Waals surface area contributed by atoms with Gasteiger partial charge in [-0.1, -0.05) is 36.4 Å². The van der Waals surface area contributed by atoms with Gasteiger partial charge in [0.25, 0.3) is 0 Å². The number of nitrogens with zero attached hydrogens (tertiary/aromatic N) is 1. The second-order valence-electron chi connectivity index (χ2n) is 5.68. The van der Waals surface area contributed by atoms with E-state index >= 15 is 0 Å². The Balaban J connectivity index is 1.68. The molecule has 4 nitrogen and oxygen atoms in total. The van der Waals surface area contributed by atoms with Crippen molar-refractivity contribution in [1.82, 2.24) is 4.57 Å². The van der Waals surface area contributed by atoms with Crippen LogP contribution in [0.2, 0.25) is 0 Å². The lowest BCUT2D eigenvalue weighted by Crippen LogP contribution is -2.29. The molecule has 3 aromatic rings. The SMILES string of the molecule is Cc1ccn(CC(O)COc2cccc3ccccc23)c(=N)c1. The Morgan fingerprint density at radius 2 is 1.91 bits per heavy atom. The summed E-state index contributed by atoms with van der Waals surface area (Å²) in [5.74, 6) is 0.766. The second kappa shape index (κ2) is 6.67. The van der Waals surface area contributed by atoms with Crippen molar-refractivity contribution in [2.75, 3.05) is 6.61 Å². The number of aromatic nitrogens is 1. The maximum Gasteiger partial charge on any atom is 0.127 e. The number of pyridine rings is 1. The van der Waals surface area contributed by atoms with E-state index in [1.54, 1.807) is 10.6 Å². The van der Waals surface area contributed by atoms with E-state index < -0.39 is 6.10 Å². The highest BCUT2D eigenvalue weighted by Gasteiger charge is 2.08. The third-order valence-corrected chi connectivity index (χ3v) is 3.78. The average Bonchev–Trinajstić information content (AvgIpc) is 2.55. The zero-order valence-corrected chi connectivity index (χ0v) is 13.1. The highest BCUT2D eigenvalue weighted by molar-refractivity contribution is 5.88. The number of benzene rings is 2. The maximum absolute atomic E-state index is 10.2. The number of aryl methyl sites for hydroxylation is 1. The Labute approximate surface area is 135 Å². The molecule has 0 aliphatic carbocycles. The molecule has 0 amide bonds. The highest BCUT2D eigenvalue weighted by atomic mass is 16.5. The molecule has 2 aromatic carbocycles. The Kier molecular flexibility index (Phi) is 4.44. The van der Waals surface area contributed by atoms with Crippen LogP contribution in [0.1, 0.15) is 5.56 Å². The van der Waals surface area contributed by atoms with Gasteiger partial charge in [0.2, 0.25) is 0 Å². The van der Waals surface area contributed by atoms with Crippen LogP contribution in [0.25, 0.3) is 10.8 Å². The molecule has 0 fully saturated rings. The summed E-state index contributed by atoms with van der Waals surface area (Å²) in [5.41, 5.74) is 1.42. The molecule has 0 saturated carbocycles. The molecule has 0 aliphatic heterocycles. The van der Waals surface area contributed by atoms with Crippen molar-refractivity contribution in [3.63, 3.8) is 0 Å². The molecule has 0 aliphatic rings. The normalized spacial score (nSPS) is 12.3. The lowest BCUT2D eigenvalue weighted by Gasteiger charge is -2.15. The van der Waals surface area contributed by atoms with E-state index in [2.05, 4.69) is 0 Å². The van der Waals surface area contributed by atoms with Crippen LogP contribution in [-0.4, -0.2) is 22.4 Å². The smallest absolute Gasteiger partial charge is 0.127 e. The summed E-state index contributed by atoms with van der Waals surface area (Å²) < 4.78 is 7.50. The lowest BCUT2D eigenvalue weighted by molar-refractivity contribution is 0.0920. The van der Waals surface area contributed by atoms with Crippen LogP contribution in [0.5, 0.6) is 5.75 Å². The van der Waals surface area contributed by atoms with Crippen molar-refractivity contribution in [2.45, 2.75) is 19.6 Å². The summed E-state index contributed by atoms with van der Waals surface area (Å²) >= 11 is 0. The lowest BCUT2D eigenvalue weighted by atomic mass is 10.1. The zero-order valence-electron chi connectivity index (χ0n) is 13.1. The standard InChI is InChI=1S/C19H20N2O2/c1-14-9-10-21(19(20)11-14)12-16(22)13-23-18-8-4-6-15-5-2-3-7-17(15)18/h2-11,16,20,22H,12-13H2,1H3. The molecule has 2 N–H and O–H groups in total. The van der Waals surface area contributed by atoms with Crippen molar-refractivity contribution < 1.29 is 9.84 Å². The minimum absolute atomic E-state index is 0.189. The van der Waals surface area contributed by atoms with Gasteiger partial charge in [-0.05, 0) is 36.1 Å². The van der Waals surface area contributed by atoms with E-state index in [4.69, 9.17) is 10.1 Å². The average molecular weight is 308 g/mol.